The van der Waals surface area contributed by atoms with Crippen molar-refractivity contribution in [2.75, 3.05) is 19.8 Å². The van der Waals surface area contributed by atoms with Gasteiger partial charge in [-0.05, 0) is 18.6 Å². The fourth-order valence-corrected chi connectivity index (χ4v) is 1.33. The minimum Gasteiger partial charge on any atom is -0.380 e. The monoisotopic (exact) mass is 241 g/mol. The molecule has 0 aromatic heterocycles. The third kappa shape index (κ3) is 5.06. The van der Waals surface area contributed by atoms with Crippen molar-refractivity contribution in [2.24, 2.45) is 0 Å². The van der Waals surface area contributed by atoms with Crippen molar-refractivity contribution in [2.45, 2.75) is 13.0 Å². The Balaban J connectivity index is 2.20. The van der Waals surface area contributed by atoms with Crippen molar-refractivity contribution in [3.05, 3.63) is 48.1 Å². The Morgan fingerprint density at radius 1 is 1.24 bits per heavy atom. The van der Waals surface area contributed by atoms with Crippen LogP contribution < -0.4 is 5.32 Å². The highest BCUT2D eigenvalue weighted by molar-refractivity contribution is 5.19. The molecular weight excluding hydrogens is 224 g/mol. The molecule has 1 aromatic rings. The van der Waals surface area contributed by atoms with Gasteiger partial charge in [0.05, 0.1) is 13.2 Å². The number of nitrogens with one attached hydrogen (secondary N) is 1. The molecule has 0 atom stereocenters. The van der Waals surface area contributed by atoms with Gasteiger partial charge in [-0.15, -0.1) is 6.58 Å². The fourth-order valence-electron chi connectivity index (χ4n) is 1.33. The number of halogens is 2. The zero-order valence-corrected chi connectivity index (χ0v) is 9.72. The van der Waals surface area contributed by atoms with Gasteiger partial charge in [-0.2, -0.15) is 0 Å². The standard InChI is InChI=1S/C13H17F2NO/c1-2-3-8-17-9-7-16-10-11-12(14)5-4-6-13(11)15/h2,4-6,16H,1,3,7-10H2. The first-order valence-corrected chi connectivity index (χ1v) is 5.58. The normalized spacial score (nSPS) is 10.5. The lowest BCUT2D eigenvalue weighted by atomic mass is 10.2. The second-order valence-electron chi connectivity index (χ2n) is 3.57. The fraction of sp³-hybridized carbons (Fsp3) is 0.385. The molecule has 0 radical (unpaired) electrons. The summed E-state index contributed by atoms with van der Waals surface area (Å²) in [6.07, 6.45) is 2.59. The SMILES string of the molecule is C=CCCOCCNCc1c(F)cccc1F. The minimum atomic E-state index is -0.523. The summed E-state index contributed by atoms with van der Waals surface area (Å²) in [6.45, 7) is 5.45. The first kappa shape index (κ1) is 13.8. The van der Waals surface area contributed by atoms with Gasteiger partial charge in [-0.25, -0.2) is 8.78 Å². The van der Waals surface area contributed by atoms with Crippen molar-refractivity contribution in [1.82, 2.24) is 5.32 Å². The van der Waals surface area contributed by atoms with E-state index in [0.717, 1.165) is 6.42 Å². The lowest BCUT2D eigenvalue weighted by Gasteiger charge is -2.07. The van der Waals surface area contributed by atoms with E-state index in [1.807, 2.05) is 0 Å². The van der Waals surface area contributed by atoms with E-state index in [4.69, 9.17) is 4.74 Å². The quantitative estimate of drug-likeness (QED) is 0.558. The van der Waals surface area contributed by atoms with Gasteiger partial charge in [0.25, 0.3) is 0 Å². The zero-order valence-electron chi connectivity index (χ0n) is 9.72. The third-order valence-corrected chi connectivity index (χ3v) is 2.25. The number of benzene rings is 1. The maximum atomic E-state index is 13.2. The van der Waals surface area contributed by atoms with Gasteiger partial charge >= 0.3 is 0 Å². The number of hydrogen-bond acceptors (Lipinski definition) is 2. The molecule has 1 rings (SSSR count). The molecule has 1 aromatic carbocycles. The summed E-state index contributed by atoms with van der Waals surface area (Å²) in [4.78, 5) is 0. The van der Waals surface area contributed by atoms with Gasteiger partial charge in [-0.1, -0.05) is 12.1 Å². The highest BCUT2D eigenvalue weighted by Gasteiger charge is 2.06. The summed E-state index contributed by atoms with van der Waals surface area (Å²) in [5.74, 6) is -1.05. The van der Waals surface area contributed by atoms with Crippen LogP contribution >= 0.6 is 0 Å². The topological polar surface area (TPSA) is 21.3 Å². The van der Waals surface area contributed by atoms with Crippen LogP contribution in [0.5, 0.6) is 0 Å². The van der Waals surface area contributed by atoms with E-state index >= 15 is 0 Å². The van der Waals surface area contributed by atoms with Gasteiger partial charge in [0.2, 0.25) is 0 Å². The molecule has 0 saturated carbocycles. The number of rotatable bonds is 8. The van der Waals surface area contributed by atoms with Crippen LogP contribution in [0, 0.1) is 11.6 Å². The Kier molecular flexibility index (Phi) is 6.43. The zero-order chi connectivity index (χ0) is 12.5. The average Bonchev–Trinajstić information content (AvgIpc) is 2.31. The largest absolute Gasteiger partial charge is 0.380 e. The van der Waals surface area contributed by atoms with E-state index in [9.17, 15) is 8.78 Å². The highest BCUT2D eigenvalue weighted by Crippen LogP contribution is 2.11. The molecule has 1 N–H and O–H groups in total. The average molecular weight is 241 g/mol. The van der Waals surface area contributed by atoms with Gasteiger partial charge in [0, 0.05) is 18.7 Å². The number of ether oxygens (including phenoxy) is 1. The van der Waals surface area contributed by atoms with Crippen molar-refractivity contribution < 1.29 is 13.5 Å². The first-order chi connectivity index (χ1) is 8.25. The van der Waals surface area contributed by atoms with E-state index in [1.165, 1.54) is 18.2 Å². The maximum Gasteiger partial charge on any atom is 0.130 e. The molecule has 0 aliphatic heterocycles. The molecule has 4 heteroatoms. The van der Waals surface area contributed by atoms with Crippen LogP contribution in [-0.2, 0) is 11.3 Å². The van der Waals surface area contributed by atoms with Crippen LogP contribution in [0.2, 0.25) is 0 Å². The summed E-state index contributed by atoms with van der Waals surface area (Å²) in [5, 5.41) is 2.93. The van der Waals surface area contributed by atoms with Gasteiger partial charge in [-0.3, -0.25) is 0 Å². The second kappa shape index (κ2) is 7.92. The minimum absolute atomic E-state index is 0.0681. The van der Waals surface area contributed by atoms with Crippen molar-refractivity contribution in [3.63, 3.8) is 0 Å². The van der Waals surface area contributed by atoms with Crippen molar-refractivity contribution >= 4 is 0 Å². The Labute approximate surface area is 100 Å². The smallest absolute Gasteiger partial charge is 0.130 e. The second-order valence-corrected chi connectivity index (χ2v) is 3.57. The molecule has 94 valence electrons. The van der Waals surface area contributed by atoms with Crippen molar-refractivity contribution in [3.8, 4) is 0 Å². The van der Waals surface area contributed by atoms with Crippen LogP contribution in [-0.4, -0.2) is 19.8 Å². The molecule has 0 aliphatic rings. The van der Waals surface area contributed by atoms with Crippen LogP contribution in [0.25, 0.3) is 0 Å². The summed E-state index contributed by atoms with van der Waals surface area (Å²) < 4.78 is 31.7. The van der Waals surface area contributed by atoms with Crippen LogP contribution in [0.3, 0.4) is 0 Å². The molecule has 0 fully saturated rings. The maximum absolute atomic E-state index is 13.2. The predicted molar refractivity (Wildman–Crippen MR) is 63.7 cm³/mol. The third-order valence-electron chi connectivity index (χ3n) is 2.25. The first-order valence-electron chi connectivity index (χ1n) is 5.58. The lowest BCUT2D eigenvalue weighted by molar-refractivity contribution is 0.140. The molecule has 0 bridgehead atoms. The number of hydrogen-bond donors (Lipinski definition) is 1. The van der Waals surface area contributed by atoms with E-state index in [1.54, 1.807) is 6.08 Å². The Hall–Kier alpha value is -1.26. The van der Waals surface area contributed by atoms with Gasteiger partial charge in [0.15, 0.2) is 0 Å². The van der Waals surface area contributed by atoms with Crippen LogP contribution in [0.15, 0.2) is 30.9 Å². The van der Waals surface area contributed by atoms with E-state index in [-0.39, 0.29) is 12.1 Å². The molecule has 0 amide bonds. The Morgan fingerprint density at radius 2 is 1.94 bits per heavy atom. The lowest BCUT2D eigenvalue weighted by Crippen LogP contribution is -2.20. The van der Waals surface area contributed by atoms with E-state index < -0.39 is 11.6 Å². The summed E-state index contributed by atoms with van der Waals surface area (Å²) in [5.41, 5.74) is 0.0681. The molecule has 0 aliphatic carbocycles. The summed E-state index contributed by atoms with van der Waals surface area (Å²) >= 11 is 0. The van der Waals surface area contributed by atoms with Crippen LogP contribution in [0.4, 0.5) is 8.78 Å². The molecule has 17 heavy (non-hydrogen) atoms. The van der Waals surface area contributed by atoms with Gasteiger partial charge in [0.1, 0.15) is 11.6 Å². The molecule has 2 nitrogen and oxygen atoms in total. The van der Waals surface area contributed by atoms with Crippen molar-refractivity contribution in [1.29, 1.82) is 0 Å². The van der Waals surface area contributed by atoms with E-state index in [2.05, 4.69) is 11.9 Å². The molecule has 0 heterocycles. The summed E-state index contributed by atoms with van der Waals surface area (Å²) in [7, 11) is 0. The predicted octanol–water partition coefficient (Wildman–Crippen LogP) is 2.65. The molecule has 0 saturated heterocycles. The van der Waals surface area contributed by atoms with E-state index in [0.29, 0.717) is 19.8 Å². The molecule has 0 spiro atoms. The highest BCUT2D eigenvalue weighted by atomic mass is 19.1. The molecule has 0 unspecified atom stereocenters. The molecular formula is C13H17F2NO. The summed E-state index contributed by atoms with van der Waals surface area (Å²) in [6, 6.07) is 3.86. The Morgan fingerprint density at radius 3 is 2.59 bits per heavy atom. The van der Waals surface area contributed by atoms with Gasteiger partial charge < -0.3 is 10.1 Å². The Bertz CT molecular complexity index is 335. The van der Waals surface area contributed by atoms with Crippen LogP contribution in [0.1, 0.15) is 12.0 Å².